The third-order valence-electron chi connectivity index (χ3n) is 7.92. The van der Waals surface area contributed by atoms with E-state index < -0.39 is 12.1 Å². The Balaban J connectivity index is 1.44. The van der Waals surface area contributed by atoms with Gasteiger partial charge in [-0.2, -0.15) is 0 Å². The number of aromatic nitrogens is 1. The molecule has 3 aromatic rings. The number of thiazole rings is 1. The van der Waals surface area contributed by atoms with Gasteiger partial charge in [0, 0.05) is 39.8 Å². The first-order valence-corrected chi connectivity index (χ1v) is 15.5. The van der Waals surface area contributed by atoms with Crippen molar-refractivity contribution < 1.29 is 19.4 Å². The van der Waals surface area contributed by atoms with Crippen LogP contribution in [0, 0.1) is 6.92 Å². The summed E-state index contributed by atoms with van der Waals surface area (Å²) < 4.78 is 5.98. The highest BCUT2D eigenvalue weighted by molar-refractivity contribution is 7.09. The average molecular weight is 577 g/mol. The average Bonchev–Trinajstić information content (AvgIpc) is 3.66. The molecule has 8 nitrogen and oxygen atoms in total. The van der Waals surface area contributed by atoms with Crippen LogP contribution in [0.25, 0.3) is 0 Å². The van der Waals surface area contributed by atoms with Gasteiger partial charge in [0.15, 0.2) is 0 Å². The van der Waals surface area contributed by atoms with Crippen molar-refractivity contribution in [2.45, 2.75) is 83.6 Å². The number of hydrogen-bond donors (Lipinski definition) is 3. The Bertz CT molecular complexity index is 1350. The van der Waals surface area contributed by atoms with Gasteiger partial charge in [-0.25, -0.2) is 4.98 Å². The number of aliphatic hydroxyl groups excluding tert-OH is 1. The predicted octanol–water partition coefficient (Wildman–Crippen LogP) is 4.28. The molecule has 9 heteroatoms. The molecular formula is C32H40N4O4S. The van der Waals surface area contributed by atoms with E-state index in [1.165, 1.54) is 0 Å². The summed E-state index contributed by atoms with van der Waals surface area (Å²) in [7, 11) is 0. The summed E-state index contributed by atoms with van der Waals surface area (Å²) in [5, 5.41) is 20.6. The van der Waals surface area contributed by atoms with E-state index in [4.69, 9.17) is 4.74 Å². The number of aliphatic hydroxyl groups is 1. The summed E-state index contributed by atoms with van der Waals surface area (Å²) in [4.78, 5) is 34.2. The molecule has 0 aliphatic carbocycles. The van der Waals surface area contributed by atoms with E-state index in [2.05, 4.69) is 15.6 Å². The van der Waals surface area contributed by atoms with Crippen LogP contribution in [0.3, 0.4) is 0 Å². The molecule has 0 radical (unpaired) electrons. The fourth-order valence-corrected chi connectivity index (χ4v) is 6.48. The van der Waals surface area contributed by atoms with Gasteiger partial charge >= 0.3 is 0 Å². The van der Waals surface area contributed by atoms with Crippen molar-refractivity contribution in [3.63, 3.8) is 0 Å². The standard InChI is InChI=1S/C32H40N4O4S/c1-20(2)36(18-29-34-21(3)19-41-29)32(39)25-16-23(17-28-24(25)11-8-14-40-28)31(38)35-27(15-22-9-5-4-6-10-22)30(37)26-12-7-13-33-26/h4-6,9-10,16-17,19-20,26-27,30,33,37H,7-8,11-15,18H2,1-3H3,(H,35,38). The van der Waals surface area contributed by atoms with E-state index in [9.17, 15) is 14.7 Å². The maximum absolute atomic E-state index is 14.1. The summed E-state index contributed by atoms with van der Waals surface area (Å²) >= 11 is 1.54. The molecule has 2 aromatic carbocycles. The van der Waals surface area contributed by atoms with Gasteiger partial charge in [-0.15, -0.1) is 11.3 Å². The number of aryl methyl sites for hydroxylation is 1. The van der Waals surface area contributed by atoms with Gasteiger partial charge in [0.2, 0.25) is 0 Å². The van der Waals surface area contributed by atoms with E-state index in [1.807, 2.05) is 56.5 Å². The first-order chi connectivity index (χ1) is 19.8. The van der Waals surface area contributed by atoms with Gasteiger partial charge in [0.25, 0.3) is 11.8 Å². The lowest BCUT2D eigenvalue weighted by atomic mass is 9.93. The van der Waals surface area contributed by atoms with Gasteiger partial charge in [-0.3, -0.25) is 9.59 Å². The first kappa shape index (κ1) is 29.2. The quantitative estimate of drug-likeness (QED) is 0.333. The Labute approximate surface area is 246 Å². The summed E-state index contributed by atoms with van der Waals surface area (Å²) in [6, 6.07) is 12.7. The SMILES string of the molecule is Cc1csc(CN(C(=O)c2cc(C(=O)NC(Cc3ccccc3)C(O)C3CCCN3)cc3c2CCCO3)C(C)C)n1. The molecule has 1 aromatic heterocycles. The van der Waals surface area contributed by atoms with Crippen LogP contribution in [0.2, 0.25) is 0 Å². The minimum absolute atomic E-state index is 0.0614. The Kier molecular flexibility index (Phi) is 9.37. The highest BCUT2D eigenvalue weighted by Crippen LogP contribution is 2.32. The molecule has 3 N–H and O–H groups in total. The maximum Gasteiger partial charge on any atom is 0.254 e. The molecule has 2 aliphatic rings. The fourth-order valence-electron chi connectivity index (χ4n) is 5.71. The smallest absolute Gasteiger partial charge is 0.254 e. The summed E-state index contributed by atoms with van der Waals surface area (Å²) in [6.45, 7) is 7.73. The minimum atomic E-state index is -0.755. The Morgan fingerprint density at radius 1 is 1.22 bits per heavy atom. The van der Waals surface area contributed by atoms with E-state index in [1.54, 1.807) is 28.4 Å². The Morgan fingerprint density at radius 3 is 2.71 bits per heavy atom. The number of nitrogens with one attached hydrogen (secondary N) is 2. The number of rotatable bonds is 10. The number of nitrogens with zero attached hydrogens (tertiary/aromatic N) is 2. The third kappa shape index (κ3) is 6.97. The van der Waals surface area contributed by atoms with Crippen LogP contribution in [0.4, 0.5) is 0 Å². The number of ether oxygens (including phenoxy) is 1. The van der Waals surface area contributed by atoms with Crippen molar-refractivity contribution in [2.75, 3.05) is 13.2 Å². The number of fused-ring (bicyclic) bond motifs is 1. The van der Waals surface area contributed by atoms with Crippen LogP contribution in [0.15, 0.2) is 47.8 Å². The van der Waals surface area contributed by atoms with E-state index in [-0.39, 0.29) is 23.9 Å². The summed E-state index contributed by atoms with van der Waals surface area (Å²) in [6.07, 6.45) is 3.11. The van der Waals surface area contributed by atoms with Crippen LogP contribution in [0.1, 0.15) is 75.7 Å². The van der Waals surface area contributed by atoms with Gasteiger partial charge in [-0.1, -0.05) is 30.3 Å². The first-order valence-electron chi connectivity index (χ1n) is 14.6. The zero-order valence-electron chi connectivity index (χ0n) is 24.1. The molecule has 2 aliphatic heterocycles. The van der Waals surface area contributed by atoms with Crippen molar-refractivity contribution >= 4 is 23.2 Å². The highest BCUT2D eigenvalue weighted by Gasteiger charge is 2.32. The number of carbonyl (C=O) groups is 2. The molecular weight excluding hydrogens is 536 g/mol. The zero-order chi connectivity index (χ0) is 28.9. The second-order valence-electron chi connectivity index (χ2n) is 11.3. The molecule has 5 rings (SSSR count). The number of amides is 2. The summed E-state index contributed by atoms with van der Waals surface area (Å²) in [5.74, 6) is 0.111. The number of carbonyl (C=O) groups excluding carboxylic acids is 2. The second-order valence-corrected chi connectivity index (χ2v) is 12.3. The molecule has 3 unspecified atom stereocenters. The van der Waals surface area contributed by atoms with E-state index >= 15 is 0 Å². The van der Waals surface area contributed by atoms with Crippen molar-refractivity contribution in [3.8, 4) is 5.75 Å². The molecule has 0 bridgehead atoms. The minimum Gasteiger partial charge on any atom is -0.493 e. The molecule has 0 saturated carbocycles. The van der Waals surface area contributed by atoms with Gasteiger partial charge in [0.1, 0.15) is 10.8 Å². The third-order valence-corrected chi connectivity index (χ3v) is 8.88. The van der Waals surface area contributed by atoms with Crippen molar-refractivity contribution in [1.82, 2.24) is 20.5 Å². The largest absolute Gasteiger partial charge is 0.493 e. The topological polar surface area (TPSA) is 104 Å². The molecule has 41 heavy (non-hydrogen) atoms. The van der Waals surface area contributed by atoms with E-state index in [0.29, 0.717) is 42.9 Å². The molecule has 2 amide bonds. The van der Waals surface area contributed by atoms with Crippen LogP contribution < -0.4 is 15.4 Å². The van der Waals surface area contributed by atoms with Crippen molar-refractivity contribution in [1.29, 1.82) is 0 Å². The van der Waals surface area contributed by atoms with Gasteiger partial charge in [-0.05, 0) is 77.1 Å². The lowest BCUT2D eigenvalue weighted by Crippen LogP contribution is -2.52. The molecule has 0 spiro atoms. The maximum atomic E-state index is 14.1. The molecule has 3 heterocycles. The van der Waals surface area contributed by atoms with Gasteiger partial charge in [0.05, 0.1) is 25.3 Å². The lowest BCUT2D eigenvalue weighted by molar-refractivity contribution is 0.0687. The second kappa shape index (κ2) is 13.1. The van der Waals surface area contributed by atoms with Crippen LogP contribution in [-0.4, -0.2) is 64.2 Å². The lowest BCUT2D eigenvalue weighted by Gasteiger charge is -2.30. The Hall–Kier alpha value is -3.27. The fraction of sp³-hybridized carbons (Fsp3) is 0.469. The number of hydrogen-bond acceptors (Lipinski definition) is 7. The highest BCUT2D eigenvalue weighted by atomic mass is 32.1. The van der Waals surface area contributed by atoms with E-state index in [0.717, 1.165) is 47.6 Å². The molecule has 1 fully saturated rings. The zero-order valence-corrected chi connectivity index (χ0v) is 24.9. The van der Waals surface area contributed by atoms with Crippen LogP contribution in [0.5, 0.6) is 5.75 Å². The monoisotopic (exact) mass is 576 g/mol. The predicted molar refractivity (Wildman–Crippen MR) is 161 cm³/mol. The van der Waals surface area contributed by atoms with Crippen LogP contribution >= 0.6 is 11.3 Å². The normalized spacial score (nSPS) is 17.9. The van der Waals surface area contributed by atoms with Gasteiger partial charge < -0.3 is 25.4 Å². The molecule has 3 atom stereocenters. The molecule has 1 saturated heterocycles. The van der Waals surface area contributed by atoms with Crippen LogP contribution in [-0.2, 0) is 19.4 Å². The molecule has 218 valence electrons. The number of benzene rings is 2. The summed E-state index contributed by atoms with van der Waals surface area (Å²) in [5.41, 5.74) is 3.66. The Morgan fingerprint density at radius 2 is 2.02 bits per heavy atom. The van der Waals surface area contributed by atoms with Crippen molar-refractivity contribution in [3.05, 3.63) is 80.8 Å². The van der Waals surface area contributed by atoms with Crippen molar-refractivity contribution in [2.24, 2.45) is 0 Å².